The molecule has 0 saturated carbocycles. The van der Waals surface area contributed by atoms with Crippen LogP contribution in [-0.2, 0) is 0 Å². The Bertz CT molecular complexity index is 424. The lowest BCUT2D eigenvalue weighted by molar-refractivity contribution is 1.44. The highest BCUT2D eigenvalue weighted by molar-refractivity contribution is 5.64. The zero-order chi connectivity index (χ0) is 12.0. The minimum absolute atomic E-state index is 0. The van der Waals surface area contributed by atoms with Gasteiger partial charge < -0.3 is 0 Å². The number of hydrogen-bond donors (Lipinski definition) is 0. The first-order chi connectivity index (χ1) is 7.75. The first-order valence-electron chi connectivity index (χ1n) is 5.89. The molecule has 2 rings (SSSR count). The average molecular weight is 228 g/mol. The van der Waals surface area contributed by atoms with Crippen LogP contribution in [0.3, 0.4) is 0 Å². The molecule has 0 N–H and O–H groups in total. The summed E-state index contributed by atoms with van der Waals surface area (Å²) in [5.74, 6) is 0. The average Bonchev–Trinajstić information content (AvgIpc) is 2.32. The molecule has 17 heavy (non-hydrogen) atoms. The third-order valence-corrected chi connectivity index (χ3v) is 2.40. The smallest absolute Gasteiger partial charge is 0.0181 e. The summed E-state index contributed by atoms with van der Waals surface area (Å²) in [5.41, 5.74) is 5.20. The summed E-state index contributed by atoms with van der Waals surface area (Å²) in [5, 5.41) is 0. The van der Waals surface area contributed by atoms with Crippen LogP contribution in [0.5, 0.6) is 0 Å². The molecule has 0 aliphatic carbocycles. The Balaban J connectivity index is 0.000000811. The SMILES string of the molecule is C.CC.Cc1ccc(-c2cccc(C)c2)cc1. The molecule has 0 heteroatoms. The molecular weight excluding hydrogens is 204 g/mol. The minimum atomic E-state index is 0. The standard InChI is InChI=1S/C14H14.C2H6.CH4/c1-11-6-8-13(9-7-11)14-5-3-4-12(2)10-14;1-2;/h3-10H,1-2H3;1-2H3;1H4. The lowest BCUT2D eigenvalue weighted by Gasteiger charge is -2.02. The number of aryl methyl sites for hydroxylation is 2. The summed E-state index contributed by atoms with van der Waals surface area (Å²) in [4.78, 5) is 0. The predicted molar refractivity (Wildman–Crippen MR) is 79.4 cm³/mol. The van der Waals surface area contributed by atoms with Gasteiger partial charge in [-0.1, -0.05) is 80.9 Å². The Morgan fingerprint density at radius 2 is 1.24 bits per heavy atom. The zero-order valence-corrected chi connectivity index (χ0v) is 10.6. The normalized spacial score (nSPS) is 8.71. The molecular formula is C17H24. The van der Waals surface area contributed by atoms with E-state index in [2.05, 4.69) is 62.4 Å². The van der Waals surface area contributed by atoms with Gasteiger partial charge in [0.05, 0.1) is 0 Å². The second-order valence-corrected chi connectivity index (χ2v) is 3.74. The van der Waals surface area contributed by atoms with Crippen molar-refractivity contribution in [3.63, 3.8) is 0 Å². The van der Waals surface area contributed by atoms with Crippen LogP contribution in [0, 0.1) is 13.8 Å². The Kier molecular flexibility index (Phi) is 6.97. The van der Waals surface area contributed by atoms with Crippen LogP contribution < -0.4 is 0 Å². The van der Waals surface area contributed by atoms with Crippen LogP contribution in [0.4, 0.5) is 0 Å². The van der Waals surface area contributed by atoms with Crippen LogP contribution in [-0.4, -0.2) is 0 Å². The van der Waals surface area contributed by atoms with E-state index in [1.54, 1.807) is 0 Å². The van der Waals surface area contributed by atoms with Gasteiger partial charge in [-0.25, -0.2) is 0 Å². The molecule has 0 saturated heterocycles. The van der Waals surface area contributed by atoms with Gasteiger partial charge in [0.25, 0.3) is 0 Å². The van der Waals surface area contributed by atoms with E-state index in [1.165, 1.54) is 22.3 Å². The van der Waals surface area contributed by atoms with Gasteiger partial charge in [0.1, 0.15) is 0 Å². The maximum Gasteiger partial charge on any atom is -0.0181 e. The fraction of sp³-hybridized carbons (Fsp3) is 0.294. The summed E-state index contributed by atoms with van der Waals surface area (Å²) < 4.78 is 0. The molecule has 0 nitrogen and oxygen atoms in total. The summed E-state index contributed by atoms with van der Waals surface area (Å²) in [6.07, 6.45) is 0. The van der Waals surface area contributed by atoms with E-state index in [9.17, 15) is 0 Å². The van der Waals surface area contributed by atoms with Crippen molar-refractivity contribution in [1.82, 2.24) is 0 Å². The van der Waals surface area contributed by atoms with Gasteiger partial charge >= 0.3 is 0 Å². The summed E-state index contributed by atoms with van der Waals surface area (Å²) >= 11 is 0. The van der Waals surface area contributed by atoms with Crippen molar-refractivity contribution < 1.29 is 0 Å². The van der Waals surface area contributed by atoms with E-state index >= 15 is 0 Å². The highest BCUT2D eigenvalue weighted by Crippen LogP contribution is 2.20. The minimum Gasteiger partial charge on any atom is -0.0776 e. The Morgan fingerprint density at radius 3 is 1.76 bits per heavy atom. The highest BCUT2D eigenvalue weighted by Gasteiger charge is 1.96. The predicted octanol–water partition coefficient (Wildman–Crippen LogP) is 5.63. The van der Waals surface area contributed by atoms with Gasteiger partial charge in [-0.2, -0.15) is 0 Å². The monoisotopic (exact) mass is 228 g/mol. The van der Waals surface area contributed by atoms with Crippen molar-refractivity contribution in [3.05, 3.63) is 59.7 Å². The molecule has 92 valence electrons. The summed E-state index contributed by atoms with van der Waals surface area (Å²) in [6.45, 7) is 8.23. The van der Waals surface area contributed by atoms with Crippen LogP contribution >= 0.6 is 0 Å². The molecule has 0 bridgehead atoms. The van der Waals surface area contributed by atoms with Gasteiger partial charge in [-0.15, -0.1) is 0 Å². The molecule has 0 spiro atoms. The molecule has 2 aromatic carbocycles. The maximum atomic E-state index is 2.21. The molecule has 0 unspecified atom stereocenters. The Labute approximate surface area is 106 Å². The largest absolute Gasteiger partial charge is 0.0776 e. The number of rotatable bonds is 1. The van der Waals surface area contributed by atoms with Crippen LogP contribution in [0.2, 0.25) is 0 Å². The van der Waals surface area contributed by atoms with E-state index in [-0.39, 0.29) is 7.43 Å². The van der Waals surface area contributed by atoms with Crippen molar-refractivity contribution in [2.75, 3.05) is 0 Å². The molecule has 0 aromatic heterocycles. The summed E-state index contributed by atoms with van der Waals surface area (Å²) in [6, 6.07) is 17.2. The fourth-order valence-corrected chi connectivity index (χ4v) is 1.57. The third kappa shape index (κ3) is 4.44. The first-order valence-corrected chi connectivity index (χ1v) is 5.89. The van der Waals surface area contributed by atoms with Crippen molar-refractivity contribution in [2.24, 2.45) is 0 Å². The molecule has 0 amide bonds. The number of benzene rings is 2. The molecule has 0 fully saturated rings. The molecule has 0 atom stereocenters. The zero-order valence-electron chi connectivity index (χ0n) is 10.6. The summed E-state index contributed by atoms with van der Waals surface area (Å²) in [7, 11) is 0. The van der Waals surface area contributed by atoms with Gasteiger partial charge in [0, 0.05) is 0 Å². The Morgan fingerprint density at radius 1 is 0.647 bits per heavy atom. The van der Waals surface area contributed by atoms with Crippen molar-refractivity contribution >= 4 is 0 Å². The maximum absolute atomic E-state index is 2.21. The molecule has 0 heterocycles. The van der Waals surface area contributed by atoms with E-state index in [0.717, 1.165) is 0 Å². The van der Waals surface area contributed by atoms with Crippen LogP contribution in [0.1, 0.15) is 32.4 Å². The van der Waals surface area contributed by atoms with E-state index in [1.807, 2.05) is 13.8 Å². The van der Waals surface area contributed by atoms with Crippen LogP contribution in [0.25, 0.3) is 11.1 Å². The number of hydrogen-bond acceptors (Lipinski definition) is 0. The molecule has 0 radical (unpaired) electrons. The van der Waals surface area contributed by atoms with E-state index in [0.29, 0.717) is 0 Å². The Hall–Kier alpha value is -1.56. The van der Waals surface area contributed by atoms with Gasteiger partial charge in [-0.05, 0) is 25.0 Å². The third-order valence-electron chi connectivity index (χ3n) is 2.40. The first kappa shape index (κ1) is 15.4. The molecule has 0 aliphatic heterocycles. The lowest BCUT2D eigenvalue weighted by Crippen LogP contribution is -1.79. The topological polar surface area (TPSA) is 0 Å². The molecule has 0 aliphatic rings. The van der Waals surface area contributed by atoms with E-state index < -0.39 is 0 Å². The van der Waals surface area contributed by atoms with Gasteiger partial charge in [0.2, 0.25) is 0 Å². The van der Waals surface area contributed by atoms with Crippen LogP contribution in [0.15, 0.2) is 48.5 Å². The van der Waals surface area contributed by atoms with Gasteiger partial charge in [0.15, 0.2) is 0 Å². The lowest BCUT2D eigenvalue weighted by atomic mass is 10.0. The van der Waals surface area contributed by atoms with Crippen molar-refractivity contribution in [2.45, 2.75) is 35.1 Å². The quantitative estimate of drug-likeness (QED) is 0.593. The molecule has 2 aromatic rings. The highest BCUT2D eigenvalue weighted by atomic mass is 14.0. The van der Waals surface area contributed by atoms with Gasteiger partial charge in [-0.3, -0.25) is 0 Å². The second-order valence-electron chi connectivity index (χ2n) is 3.74. The van der Waals surface area contributed by atoms with Crippen molar-refractivity contribution in [1.29, 1.82) is 0 Å². The van der Waals surface area contributed by atoms with E-state index in [4.69, 9.17) is 0 Å². The second kappa shape index (κ2) is 7.67. The van der Waals surface area contributed by atoms with Crippen molar-refractivity contribution in [3.8, 4) is 11.1 Å². The fourth-order valence-electron chi connectivity index (χ4n) is 1.57.